The molecular formula is C20H19N5O2S. The number of furan rings is 1. The molecule has 0 N–H and O–H groups in total. The molecule has 4 heterocycles. The number of hydrogen-bond acceptors (Lipinski definition) is 6. The van der Waals surface area contributed by atoms with Crippen molar-refractivity contribution < 1.29 is 4.42 Å². The van der Waals surface area contributed by atoms with Crippen LogP contribution >= 0.6 is 11.8 Å². The largest absolute Gasteiger partial charge is 0.467 e. The van der Waals surface area contributed by atoms with Gasteiger partial charge in [0.1, 0.15) is 17.2 Å². The predicted octanol–water partition coefficient (Wildman–Crippen LogP) is 3.41. The molecule has 142 valence electrons. The molecule has 4 aromatic heterocycles. The van der Waals surface area contributed by atoms with E-state index >= 15 is 0 Å². The minimum Gasteiger partial charge on any atom is -0.467 e. The molecule has 1 aliphatic carbocycles. The highest BCUT2D eigenvalue weighted by Crippen LogP contribution is 2.40. The van der Waals surface area contributed by atoms with Gasteiger partial charge >= 0.3 is 0 Å². The summed E-state index contributed by atoms with van der Waals surface area (Å²) < 4.78 is 9.22. The molecule has 0 saturated heterocycles. The number of rotatable bonds is 6. The molecule has 0 bridgehead atoms. The number of aryl methyl sites for hydroxylation is 1. The van der Waals surface area contributed by atoms with Crippen molar-refractivity contribution in [3.63, 3.8) is 0 Å². The van der Waals surface area contributed by atoms with Gasteiger partial charge in [0.15, 0.2) is 5.16 Å². The Morgan fingerprint density at radius 3 is 2.93 bits per heavy atom. The fourth-order valence-corrected chi connectivity index (χ4v) is 4.12. The molecule has 0 spiro atoms. The first-order valence-corrected chi connectivity index (χ1v) is 10.2. The quantitative estimate of drug-likeness (QED) is 0.467. The molecule has 0 radical (unpaired) electrons. The van der Waals surface area contributed by atoms with Crippen molar-refractivity contribution in [2.45, 2.75) is 43.1 Å². The smallest absolute Gasteiger partial charge is 0.258 e. The van der Waals surface area contributed by atoms with Crippen molar-refractivity contribution in [3.8, 4) is 0 Å². The summed E-state index contributed by atoms with van der Waals surface area (Å²) in [7, 11) is 0. The van der Waals surface area contributed by atoms with E-state index in [0.717, 1.165) is 40.8 Å². The predicted molar refractivity (Wildman–Crippen MR) is 106 cm³/mol. The van der Waals surface area contributed by atoms with E-state index in [9.17, 15) is 4.79 Å². The lowest BCUT2D eigenvalue weighted by Crippen LogP contribution is -2.15. The van der Waals surface area contributed by atoms with Crippen molar-refractivity contribution >= 4 is 17.4 Å². The summed E-state index contributed by atoms with van der Waals surface area (Å²) in [5.74, 6) is 2.94. The number of nitrogens with zero attached hydrogens (tertiary/aromatic N) is 5. The van der Waals surface area contributed by atoms with Crippen LogP contribution in [-0.4, -0.2) is 24.1 Å². The van der Waals surface area contributed by atoms with Gasteiger partial charge in [0.25, 0.3) is 5.56 Å². The summed E-state index contributed by atoms with van der Waals surface area (Å²) in [5.41, 5.74) is 2.34. The molecule has 4 aromatic rings. The van der Waals surface area contributed by atoms with Crippen LogP contribution in [0.25, 0.3) is 5.65 Å². The van der Waals surface area contributed by atoms with Gasteiger partial charge in [-0.05, 0) is 43.5 Å². The number of fused-ring (bicyclic) bond motifs is 1. The molecule has 28 heavy (non-hydrogen) atoms. The van der Waals surface area contributed by atoms with E-state index in [1.54, 1.807) is 34.7 Å². The van der Waals surface area contributed by atoms with Crippen LogP contribution < -0.4 is 5.56 Å². The van der Waals surface area contributed by atoms with Crippen molar-refractivity contribution in [1.82, 2.24) is 24.1 Å². The van der Waals surface area contributed by atoms with Crippen LogP contribution in [0.5, 0.6) is 0 Å². The monoisotopic (exact) mass is 393 g/mol. The molecule has 0 amide bonds. The number of hydrogen-bond donors (Lipinski definition) is 0. The topological polar surface area (TPSA) is 78.2 Å². The van der Waals surface area contributed by atoms with Crippen LogP contribution in [0.3, 0.4) is 0 Å². The summed E-state index contributed by atoms with van der Waals surface area (Å²) in [5, 5.41) is 9.64. The van der Waals surface area contributed by atoms with Gasteiger partial charge in [-0.3, -0.25) is 13.8 Å². The average molecular weight is 393 g/mol. The zero-order valence-corrected chi connectivity index (χ0v) is 16.2. The van der Waals surface area contributed by atoms with Gasteiger partial charge in [0.05, 0.1) is 18.5 Å². The molecule has 0 aromatic carbocycles. The van der Waals surface area contributed by atoms with E-state index in [1.807, 2.05) is 31.2 Å². The normalized spacial score (nSPS) is 14.0. The fraction of sp³-hybridized carbons (Fsp3) is 0.300. The first-order valence-electron chi connectivity index (χ1n) is 9.25. The Labute approximate surface area is 165 Å². The maximum Gasteiger partial charge on any atom is 0.258 e. The lowest BCUT2D eigenvalue weighted by Gasteiger charge is -2.09. The second-order valence-electron chi connectivity index (χ2n) is 7.04. The molecule has 0 atom stereocenters. The van der Waals surface area contributed by atoms with Gasteiger partial charge in [0.2, 0.25) is 0 Å². The van der Waals surface area contributed by atoms with E-state index in [4.69, 9.17) is 4.42 Å². The minimum atomic E-state index is -0.0694. The van der Waals surface area contributed by atoms with E-state index in [1.165, 1.54) is 0 Å². The summed E-state index contributed by atoms with van der Waals surface area (Å²) in [6.07, 6.45) is 5.74. The van der Waals surface area contributed by atoms with Gasteiger partial charge in [0, 0.05) is 23.9 Å². The highest BCUT2D eigenvalue weighted by atomic mass is 32.2. The number of aromatic nitrogens is 5. The third-order valence-corrected chi connectivity index (χ3v) is 5.87. The van der Waals surface area contributed by atoms with E-state index < -0.39 is 0 Å². The Hall–Kier alpha value is -2.87. The Morgan fingerprint density at radius 1 is 1.25 bits per heavy atom. The van der Waals surface area contributed by atoms with Crippen LogP contribution in [0.1, 0.15) is 41.6 Å². The van der Waals surface area contributed by atoms with Crippen molar-refractivity contribution in [3.05, 3.63) is 76.0 Å². The standard InChI is InChI=1S/C20H19N5O2S/c1-13-4-2-8-24-17(26)10-15(21-18(13)24)12-28-20-23-22-19(14-6-7-14)25(20)11-16-5-3-9-27-16/h2-5,8-10,14H,6-7,11-12H2,1H3. The lowest BCUT2D eigenvalue weighted by molar-refractivity contribution is 0.478. The molecule has 0 aliphatic heterocycles. The molecule has 7 nitrogen and oxygen atoms in total. The van der Waals surface area contributed by atoms with Crippen LogP contribution in [0.4, 0.5) is 0 Å². The summed E-state index contributed by atoms with van der Waals surface area (Å²) in [6, 6.07) is 9.25. The highest BCUT2D eigenvalue weighted by molar-refractivity contribution is 7.98. The number of thioether (sulfide) groups is 1. The van der Waals surface area contributed by atoms with Gasteiger partial charge in [-0.15, -0.1) is 10.2 Å². The summed E-state index contributed by atoms with van der Waals surface area (Å²) >= 11 is 1.55. The van der Waals surface area contributed by atoms with Gasteiger partial charge in [-0.2, -0.15) is 0 Å². The van der Waals surface area contributed by atoms with Crippen molar-refractivity contribution in [1.29, 1.82) is 0 Å². The Morgan fingerprint density at radius 2 is 2.14 bits per heavy atom. The molecule has 1 saturated carbocycles. The third kappa shape index (κ3) is 3.24. The van der Waals surface area contributed by atoms with E-state index in [-0.39, 0.29) is 5.56 Å². The summed E-state index contributed by atoms with van der Waals surface area (Å²) in [6.45, 7) is 2.57. The van der Waals surface area contributed by atoms with Crippen LogP contribution in [-0.2, 0) is 12.3 Å². The Balaban J connectivity index is 1.43. The van der Waals surface area contributed by atoms with Gasteiger partial charge in [-0.25, -0.2) is 4.98 Å². The average Bonchev–Trinajstić information content (AvgIpc) is 3.25. The molecule has 1 aliphatic rings. The fourth-order valence-electron chi connectivity index (χ4n) is 3.28. The van der Waals surface area contributed by atoms with Gasteiger partial charge in [-0.1, -0.05) is 17.8 Å². The molecule has 1 fully saturated rings. The highest BCUT2D eigenvalue weighted by Gasteiger charge is 2.30. The number of pyridine rings is 1. The molecule has 5 rings (SSSR count). The Bertz CT molecular complexity index is 1190. The lowest BCUT2D eigenvalue weighted by atomic mass is 10.3. The molecule has 8 heteroatoms. The van der Waals surface area contributed by atoms with Gasteiger partial charge < -0.3 is 4.42 Å². The van der Waals surface area contributed by atoms with Crippen molar-refractivity contribution in [2.24, 2.45) is 0 Å². The third-order valence-electron chi connectivity index (χ3n) is 4.87. The minimum absolute atomic E-state index is 0.0694. The SMILES string of the molecule is Cc1cccn2c(=O)cc(CSc3nnc(C4CC4)n3Cc3ccco3)nc12. The van der Waals surface area contributed by atoms with E-state index in [2.05, 4.69) is 19.7 Å². The first-order chi connectivity index (χ1) is 13.7. The van der Waals surface area contributed by atoms with Crippen molar-refractivity contribution in [2.75, 3.05) is 0 Å². The van der Waals surface area contributed by atoms with Crippen LogP contribution in [0.15, 0.2) is 57.2 Å². The zero-order chi connectivity index (χ0) is 19.1. The second kappa shape index (κ2) is 6.94. The first kappa shape index (κ1) is 17.2. The molecular weight excluding hydrogens is 374 g/mol. The second-order valence-corrected chi connectivity index (χ2v) is 7.98. The zero-order valence-electron chi connectivity index (χ0n) is 15.4. The van der Waals surface area contributed by atoms with E-state index in [0.29, 0.717) is 23.9 Å². The maximum absolute atomic E-state index is 12.4. The summed E-state index contributed by atoms with van der Waals surface area (Å²) in [4.78, 5) is 17.1. The van der Waals surface area contributed by atoms with Crippen LogP contribution in [0.2, 0.25) is 0 Å². The molecule has 0 unspecified atom stereocenters. The Kier molecular flexibility index (Phi) is 4.27. The maximum atomic E-state index is 12.4. The van der Waals surface area contributed by atoms with Crippen LogP contribution in [0, 0.1) is 6.92 Å².